The number of halogens is 1. The minimum absolute atomic E-state index is 0.176. The van der Waals surface area contributed by atoms with Gasteiger partial charge in [-0.05, 0) is 13.8 Å². The number of hydrogen-bond donors (Lipinski definition) is 0. The molecular weight excluding hydrogens is 168 g/mol. The van der Waals surface area contributed by atoms with E-state index in [0.717, 1.165) is 0 Å². The van der Waals surface area contributed by atoms with Crippen LogP contribution in [0.5, 0.6) is 6.08 Å². The first-order valence-corrected chi connectivity index (χ1v) is 3.78. The summed E-state index contributed by atoms with van der Waals surface area (Å²) in [6.45, 7) is 4.12. The van der Waals surface area contributed by atoms with E-state index in [1.165, 1.54) is 0 Å². The highest BCUT2D eigenvalue weighted by Gasteiger charge is 2.10. The summed E-state index contributed by atoms with van der Waals surface area (Å²) in [4.78, 5) is 3.87. The van der Waals surface area contributed by atoms with Gasteiger partial charge in [-0.15, -0.1) is 11.6 Å². The van der Waals surface area contributed by atoms with Gasteiger partial charge in [0, 0.05) is 0 Å². The van der Waals surface area contributed by atoms with Gasteiger partial charge in [-0.2, -0.15) is 4.98 Å². The summed E-state index contributed by atoms with van der Waals surface area (Å²) in [5.41, 5.74) is 0. The molecular formula is C6H9ClN2O2. The normalized spacial score (nSPS) is 13.0. The van der Waals surface area contributed by atoms with Crippen LogP contribution in [0.1, 0.15) is 25.0 Å². The Morgan fingerprint density at radius 1 is 1.73 bits per heavy atom. The molecule has 5 heteroatoms. The average molecular weight is 177 g/mol. The molecule has 1 unspecified atom stereocenters. The fourth-order valence-electron chi connectivity index (χ4n) is 0.564. The molecule has 0 N–H and O–H groups in total. The van der Waals surface area contributed by atoms with Crippen LogP contribution in [0.3, 0.4) is 0 Å². The van der Waals surface area contributed by atoms with E-state index >= 15 is 0 Å². The van der Waals surface area contributed by atoms with Gasteiger partial charge in [0.2, 0.25) is 0 Å². The van der Waals surface area contributed by atoms with Crippen molar-refractivity contribution in [3.05, 3.63) is 5.82 Å². The second-order valence-corrected chi connectivity index (χ2v) is 2.62. The lowest BCUT2D eigenvalue weighted by atomic mass is 10.5. The molecule has 0 saturated carbocycles. The summed E-state index contributed by atoms with van der Waals surface area (Å²) in [5.74, 6) is 0.454. The Labute approximate surface area is 69.5 Å². The number of aromatic nitrogens is 2. The van der Waals surface area contributed by atoms with E-state index in [0.29, 0.717) is 12.4 Å². The fourth-order valence-corrected chi connectivity index (χ4v) is 0.652. The van der Waals surface area contributed by atoms with E-state index < -0.39 is 0 Å². The quantitative estimate of drug-likeness (QED) is 0.659. The zero-order chi connectivity index (χ0) is 8.27. The predicted molar refractivity (Wildman–Crippen MR) is 39.7 cm³/mol. The van der Waals surface area contributed by atoms with Crippen LogP contribution in [-0.4, -0.2) is 16.7 Å². The number of hydrogen-bond acceptors (Lipinski definition) is 4. The van der Waals surface area contributed by atoms with Gasteiger partial charge in [-0.25, -0.2) is 0 Å². The number of ether oxygens (including phenoxy) is 1. The Hall–Kier alpha value is -0.770. The molecule has 4 nitrogen and oxygen atoms in total. The SMILES string of the molecule is CCOc1nc(C(C)Cl)no1. The molecule has 1 heterocycles. The fraction of sp³-hybridized carbons (Fsp3) is 0.667. The molecule has 0 amide bonds. The van der Waals surface area contributed by atoms with Crippen molar-refractivity contribution in [1.82, 2.24) is 10.1 Å². The summed E-state index contributed by atoms with van der Waals surface area (Å²) in [5, 5.41) is 3.35. The zero-order valence-corrected chi connectivity index (χ0v) is 7.13. The average Bonchev–Trinajstić information content (AvgIpc) is 2.37. The third kappa shape index (κ3) is 2.08. The van der Waals surface area contributed by atoms with Gasteiger partial charge in [-0.1, -0.05) is 5.16 Å². The monoisotopic (exact) mass is 176 g/mol. The molecule has 0 fully saturated rings. The molecule has 0 aromatic carbocycles. The smallest absolute Gasteiger partial charge is 0.417 e. The van der Waals surface area contributed by atoms with Gasteiger partial charge in [0.25, 0.3) is 0 Å². The highest BCUT2D eigenvalue weighted by Crippen LogP contribution is 2.17. The van der Waals surface area contributed by atoms with Gasteiger partial charge >= 0.3 is 6.08 Å². The largest absolute Gasteiger partial charge is 0.449 e. The van der Waals surface area contributed by atoms with Crippen LogP contribution in [-0.2, 0) is 0 Å². The van der Waals surface area contributed by atoms with Crippen LogP contribution < -0.4 is 4.74 Å². The van der Waals surface area contributed by atoms with Crippen LogP contribution >= 0.6 is 11.6 Å². The Morgan fingerprint density at radius 2 is 2.45 bits per heavy atom. The second kappa shape index (κ2) is 3.57. The summed E-state index contributed by atoms with van der Waals surface area (Å²) in [6.07, 6.45) is 0.176. The highest BCUT2D eigenvalue weighted by molar-refractivity contribution is 6.20. The van der Waals surface area contributed by atoms with Crippen LogP contribution in [0.15, 0.2) is 4.52 Å². The van der Waals surface area contributed by atoms with Crippen molar-refractivity contribution in [2.24, 2.45) is 0 Å². The van der Waals surface area contributed by atoms with Crippen molar-refractivity contribution in [3.63, 3.8) is 0 Å². The summed E-state index contributed by atoms with van der Waals surface area (Å²) in [7, 11) is 0. The molecule has 11 heavy (non-hydrogen) atoms. The molecule has 0 spiro atoms. The Kier molecular flexibility index (Phi) is 2.70. The second-order valence-electron chi connectivity index (χ2n) is 1.97. The highest BCUT2D eigenvalue weighted by atomic mass is 35.5. The van der Waals surface area contributed by atoms with E-state index in [4.69, 9.17) is 20.9 Å². The van der Waals surface area contributed by atoms with E-state index in [1.54, 1.807) is 6.92 Å². The molecule has 0 aliphatic heterocycles. The molecule has 1 aromatic heterocycles. The summed E-state index contributed by atoms with van der Waals surface area (Å²) < 4.78 is 9.64. The van der Waals surface area contributed by atoms with Gasteiger partial charge in [-0.3, -0.25) is 4.52 Å². The molecule has 0 bridgehead atoms. The maximum absolute atomic E-state index is 5.68. The molecule has 0 aliphatic rings. The topological polar surface area (TPSA) is 48.2 Å². The standard InChI is InChI=1S/C6H9ClN2O2/c1-3-10-6-8-5(4(2)7)9-11-6/h4H,3H2,1-2H3. The van der Waals surface area contributed by atoms with Crippen molar-refractivity contribution in [3.8, 4) is 6.08 Å². The number of rotatable bonds is 3. The number of nitrogens with zero attached hydrogens (tertiary/aromatic N) is 2. The molecule has 62 valence electrons. The Morgan fingerprint density at radius 3 is 2.91 bits per heavy atom. The van der Waals surface area contributed by atoms with E-state index in [1.807, 2.05) is 6.92 Å². The summed E-state index contributed by atoms with van der Waals surface area (Å²) >= 11 is 5.68. The lowest BCUT2D eigenvalue weighted by molar-refractivity contribution is 0.215. The maximum atomic E-state index is 5.68. The lowest BCUT2D eigenvalue weighted by Gasteiger charge is -1.91. The van der Waals surface area contributed by atoms with E-state index in [2.05, 4.69) is 10.1 Å². The van der Waals surface area contributed by atoms with Gasteiger partial charge in [0.15, 0.2) is 5.82 Å². The van der Waals surface area contributed by atoms with Crippen molar-refractivity contribution in [1.29, 1.82) is 0 Å². The van der Waals surface area contributed by atoms with Crippen molar-refractivity contribution >= 4 is 11.6 Å². The minimum atomic E-state index is -0.243. The molecule has 0 radical (unpaired) electrons. The van der Waals surface area contributed by atoms with Gasteiger partial charge in [0.05, 0.1) is 12.0 Å². The number of alkyl halides is 1. The van der Waals surface area contributed by atoms with Crippen LogP contribution in [0.25, 0.3) is 0 Å². The Balaban J connectivity index is 2.66. The third-order valence-electron chi connectivity index (χ3n) is 1.05. The summed E-state index contributed by atoms with van der Waals surface area (Å²) in [6, 6.07) is 0. The minimum Gasteiger partial charge on any atom is -0.449 e. The molecule has 1 aromatic rings. The van der Waals surface area contributed by atoms with Crippen LogP contribution in [0.4, 0.5) is 0 Å². The van der Waals surface area contributed by atoms with Gasteiger partial charge < -0.3 is 4.74 Å². The first-order valence-electron chi connectivity index (χ1n) is 3.34. The maximum Gasteiger partial charge on any atom is 0.417 e. The van der Waals surface area contributed by atoms with Crippen LogP contribution in [0, 0.1) is 0 Å². The first-order chi connectivity index (χ1) is 5.24. The first kappa shape index (κ1) is 8.33. The van der Waals surface area contributed by atoms with Crippen molar-refractivity contribution in [2.75, 3.05) is 6.61 Å². The van der Waals surface area contributed by atoms with Crippen LogP contribution in [0.2, 0.25) is 0 Å². The molecule has 0 saturated heterocycles. The molecule has 1 atom stereocenters. The zero-order valence-electron chi connectivity index (χ0n) is 6.37. The third-order valence-corrected chi connectivity index (χ3v) is 1.24. The molecule has 0 aliphatic carbocycles. The van der Waals surface area contributed by atoms with Gasteiger partial charge in [0.1, 0.15) is 0 Å². The lowest BCUT2D eigenvalue weighted by Crippen LogP contribution is -1.92. The Bertz CT molecular complexity index is 224. The van der Waals surface area contributed by atoms with E-state index in [-0.39, 0.29) is 11.5 Å². The van der Waals surface area contributed by atoms with Crippen molar-refractivity contribution < 1.29 is 9.26 Å². The molecule has 1 rings (SSSR count). The predicted octanol–water partition coefficient (Wildman–Crippen LogP) is 1.77. The van der Waals surface area contributed by atoms with E-state index in [9.17, 15) is 0 Å². The van der Waals surface area contributed by atoms with Crippen molar-refractivity contribution in [2.45, 2.75) is 19.2 Å².